The molecule has 0 aromatic carbocycles. The summed E-state index contributed by atoms with van der Waals surface area (Å²) in [4.78, 5) is 9.53. The van der Waals surface area contributed by atoms with Crippen LogP contribution in [0.2, 0.25) is 0 Å². The van der Waals surface area contributed by atoms with Gasteiger partial charge in [-0.1, -0.05) is 6.42 Å². The van der Waals surface area contributed by atoms with Crippen molar-refractivity contribution in [3.63, 3.8) is 0 Å². The first-order chi connectivity index (χ1) is 12.7. The third-order valence-electron chi connectivity index (χ3n) is 5.96. The van der Waals surface area contributed by atoms with E-state index in [9.17, 15) is 0 Å². The molecule has 6 heteroatoms. The minimum Gasteiger partial charge on any atom is -0.383 e. The van der Waals surface area contributed by atoms with Gasteiger partial charge in [-0.25, -0.2) is 0 Å². The molecule has 0 radical (unpaired) electrons. The number of ether oxygens (including phenoxy) is 1. The second-order valence-electron chi connectivity index (χ2n) is 7.89. The van der Waals surface area contributed by atoms with E-state index in [0.717, 1.165) is 44.2 Å². The van der Waals surface area contributed by atoms with E-state index in [4.69, 9.17) is 4.74 Å². The number of rotatable bonds is 9. The smallest absolute Gasteiger partial charge is 0.190 e. The molecule has 0 amide bonds. The van der Waals surface area contributed by atoms with E-state index in [-0.39, 0.29) is 0 Å². The molecule has 2 saturated heterocycles. The van der Waals surface area contributed by atoms with Crippen LogP contribution in [0, 0.1) is 5.92 Å². The van der Waals surface area contributed by atoms with E-state index in [1.807, 2.05) is 7.05 Å². The zero-order valence-corrected chi connectivity index (χ0v) is 17.3. The van der Waals surface area contributed by atoms with Crippen LogP contribution in [-0.4, -0.2) is 88.4 Å². The van der Waals surface area contributed by atoms with Gasteiger partial charge in [0.05, 0.1) is 6.61 Å². The van der Waals surface area contributed by atoms with Crippen LogP contribution in [0.15, 0.2) is 4.99 Å². The maximum absolute atomic E-state index is 5.18. The highest BCUT2D eigenvalue weighted by Crippen LogP contribution is 2.17. The summed E-state index contributed by atoms with van der Waals surface area (Å²) >= 11 is 0. The molecule has 2 fully saturated rings. The third kappa shape index (κ3) is 7.80. The lowest BCUT2D eigenvalue weighted by Crippen LogP contribution is -2.44. The molecule has 1 atom stereocenters. The predicted octanol–water partition coefficient (Wildman–Crippen LogP) is 1.77. The number of hydrogen-bond donors (Lipinski definition) is 2. The van der Waals surface area contributed by atoms with E-state index >= 15 is 0 Å². The van der Waals surface area contributed by atoms with Gasteiger partial charge in [0.2, 0.25) is 0 Å². The summed E-state index contributed by atoms with van der Waals surface area (Å²) in [6.07, 6.45) is 7.84. The maximum atomic E-state index is 5.18. The summed E-state index contributed by atoms with van der Waals surface area (Å²) in [6, 6.07) is 0.760. The summed E-state index contributed by atoms with van der Waals surface area (Å²) < 4.78 is 5.18. The van der Waals surface area contributed by atoms with Gasteiger partial charge in [-0.05, 0) is 64.6 Å². The van der Waals surface area contributed by atoms with Crippen molar-refractivity contribution in [2.24, 2.45) is 10.9 Å². The van der Waals surface area contributed by atoms with Crippen molar-refractivity contribution >= 4 is 5.96 Å². The molecule has 0 aromatic heterocycles. The number of guanidine groups is 1. The summed E-state index contributed by atoms with van der Waals surface area (Å²) in [5.74, 6) is 1.71. The first kappa shape index (κ1) is 21.5. The topological polar surface area (TPSA) is 52.1 Å². The van der Waals surface area contributed by atoms with Gasteiger partial charge in [0.1, 0.15) is 0 Å². The monoisotopic (exact) mass is 367 g/mol. The lowest BCUT2D eigenvalue weighted by molar-refractivity contribution is 0.121. The van der Waals surface area contributed by atoms with Crippen LogP contribution >= 0.6 is 0 Å². The Bertz CT molecular complexity index is 396. The largest absolute Gasteiger partial charge is 0.383 e. The lowest BCUT2D eigenvalue weighted by atomic mass is 9.97. The van der Waals surface area contributed by atoms with E-state index in [1.165, 1.54) is 64.7 Å². The lowest BCUT2D eigenvalue weighted by Gasteiger charge is -2.33. The quantitative estimate of drug-likeness (QED) is 0.370. The first-order valence-electron chi connectivity index (χ1n) is 10.6. The Morgan fingerprint density at radius 1 is 1.08 bits per heavy atom. The number of likely N-dealkylation sites (tertiary alicyclic amines) is 2. The van der Waals surface area contributed by atoms with Gasteiger partial charge in [0.15, 0.2) is 5.96 Å². The average Bonchev–Trinajstić information content (AvgIpc) is 2.68. The molecule has 0 saturated carbocycles. The molecule has 6 nitrogen and oxygen atoms in total. The summed E-state index contributed by atoms with van der Waals surface area (Å²) in [6.45, 7) is 11.2. The van der Waals surface area contributed by atoms with Crippen molar-refractivity contribution in [2.45, 2.75) is 51.5 Å². The van der Waals surface area contributed by atoms with Gasteiger partial charge in [-0.3, -0.25) is 4.99 Å². The first-order valence-corrected chi connectivity index (χ1v) is 10.6. The molecule has 0 spiro atoms. The van der Waals surface area contributed by atoms with Gasteiger partial charge >= 0.3 is 0 Å². The SMILES string of the molecule is CN=C(NCCCN1CCCCC1C)NCC1CCN(CCOC)CC1. The van der Waals surface area contributed by atoms with Crippen molar-refractivity contribution in [2.75, 3.05) is 66.6 Å². The summed E-state index contributed by atoms with van der Waals surface area (Å²) in [7, 11) is 3.65. The Hall–Kier alpha value is -0.850. The van der Waals surface area contributed by atoms with Crippen LogP contribution in [0.1, 0.15) is 45.4 Å². The van der Waals surface area contributed by atoms with Crippen molar-refractivity contribution in [1.29, 1.82) is 0 Å². The Morgan fingerprint density at radius 2 is 1.88 bits per heavy atom. The highest BCUT2D eigenvalue weighted by atomic mass is 16.5. The van der Waals surface area contributed by atoms with Crippen LogP contribution in [0.3, 0.4) is 0 Å². The molecule has 0 bridgehead atoms. The highest BCUT2D eigenvalue weighted by molar-refractivity contribution is 5.79. The van der Waals surface area contributed by atoms with Crippen molar-refractivity contribution in [3.05, 3.63) is 0 Å². The molecule has 2 heterocycles. The Kier molecular flexibility index (Phi) is 10.3. The van der Waals surface area contributed by atoms with Crippen LogP contribution in [0.25, 0.3) is 0 Å². The van der Waals surface area contributed by atoms with Gasteiger partial charge in [-0.2, -0.15) is 0 Å². The normalized spacial score (nSPS) is 24.0. The Morgan fingerprint density at radius 3 is 2.58 bits per heavy atom. The summed E-state index contributed by atoms with van der Waals surface area (Å²) in [5, 5.41) is 7.01. The zero-order valence-electron chi connectivity index (χ0n) is 17.3. The Labute approximate surface area is 160 Å². The molecule has 0 aromatic rings. The van der Waals surface area contributed by atoms with Gasteiger partial charge < -0.3 is 25.2 Å². The standard InChI is InChI=1S/C20H41N5O/c1-18-7-4-5-11-25(18)12-6-10-22-20(21-2)23-17-19-8-13-24(14-9-19)15-16-26-3/h18-19H,4-17H2,1-3H3,(H2,21,22,23). The van der Waals surface area contributed by atoms with Gasteiger partial charge in [0.25, 0.3) is 0 Å². The van der Waals surface area contributed by atoms with Crippen molar-refractivity contribution in [1.82, 2.24) is 20.4 Å². The van der Waals surface area contributed by atoms with Gasteiger partial charge in [0, 0.05) is 46.4 Å². The van der Waals surface area contributed by atoms with Crippen molar-refractivity contribution < 1.29 is 4.74 Å². The van der Waals surface area contributed by atoms with E-state index in [0.29, 0.717) is 0 Å². The number of nitrogens with one attached hydrogen (secondary N) is 2. The van der Waals surface area contributed by atoms with Crippen LogP contribution in [0.4, 0.5) is 0 Å². The van der Waals surface area contributed by atoms with Crippen LogP contribution < -0.4 is 10.6 Å². The second kappa shape index (κ2) is 12.5. The fourth-order valence-electron chi connectivity index (χ4n) is 4.07. The maximum Gasteiger partial charge on any atom is 0.190 e. The second-order valence-corrected chi connectivity index (χ2v) is 7.89. The molecule has 0 aliphatic carbocycles. The van der Waals surface area contributed by atoms with E-state index in [1.54, 1.807) is 7.11 Å². The molecule has 2 N–H and O–H groups in total. The minimum atomic E-state index is 0.751. The molecule has 152 valence electrons. The number of methoxy groups -OCH3 is 1. The molecule has 26 heavy (non-hydrogen) atoms. The fraction of sp³-hybridized carbons (Fsp3) is 0.950. The number of nitrogens with zero attached hydrogens (tertiary/aromatic N) is 3. The van der Waals surface area contributed by atoms with E-state index < -0.39 is 0 Å². The predicted molar refractivity (Wildman–Crippen MR) is 110 cm³/mol. The molecular weight excluding hydrogens is 326 g/mol. The Balaban J connectivity index is 1.54. The number of piperidine rings is 2. The minimum absolute atomic E-state index is 0.751. The molecule has 2 rings (SSSR count). The van der Waals surface area contributed by atoms with E-state index in [2.05, 4.69) is 32.3 Å². The van der Waals surface area contributed by atoms with Crippen LogP contribution in [-0.2, 0) is 4.74 Å². The van der Waals surface area contributed by atoms with Crippen molar-refractivity contribution in [3.8, 4) is 0 Å². The molecule has 2 aliphatic heterocycles. The molecule has 2 aliphatic rings. The highest BCUT2D eigenvalue weighted by Gasteiger charge is 2.19. The molecule has 1 unspecified atom stereocenters. The molecular formula is C20H41N5O. The summed E-state index contributed by atoms with van der Waals surface area (Å²) in [5.41, 5.74) is 0. The number of aliphatic imine (C=N–C) groups is 1. The number of hydrogen-bond acceptors (Lipinski definition) is 4. The third-order valence-corrected chi connectivity index (χ3v) is 5.96. The fourth-order valence-corrected chi connectivity index (χ4v) is 4.07. The average molecular weight is 368 g/mol. The van der Waals surface area contributed by atoms with Gasteiger partial charge in [-0.15, -0.1) is 0 Å². The zero-order chi connectivity index (χ0) is 18.6. The van der Waals surface area contributed by atoms with Crippen LogP contribution in [0.5, 0.6) is 0 Å².